The number of hydrogen-bond donors (Lipinski definition) is 2. The average Bonchev–Trinajstić information content (AvgIpc) is 2.11. The standard InChI is InChI=1S/C10H21N3O/c1-7(2)10(14)12-9-6-13(3)5-4-8(9)11/h7-9H,4-6,11H2,1-3H3,(H,12,14). The molecule has 1 saturated heterocycles. The van der Waals surface area contributed by atoms with Crippen LogP contribution in [0.15, 0.2) is 0 Å². The molecular weight excluding hydrogens is 178 g/mol. The second-order valence-electron chi connectivity index (χ2n) is 4.48. The number of piperidine rings is 1. The summed E-state index contributed by atoms with van der Waals surface area (Å²) in [5.41, 5.74) is 5.95. The molecule has 0 aromatic carbocycles. The minimum Gasteiger partial charge on any atom is -0.350 e. The molecule has 1 rings (SSSR count). The van der Waals surface area contributed by atoms with E-state index in [1.54, 1.807) is 0 Å². The smallest absolute Gasteiger partial charge is 0.222 e. The van der Waals surface area contributed by atoms with Gasteiger partial charge in [-0.2, -0.15) is 0 Å². The number of rotatable bonds is 2. The van der Waals surface area contributed by atoms with Crippen LogP contribution in [-0.4, -0.2) is 43.0 Å². The number of nitrogens with two attached hydrogens (primary N) is 1. The normalized spacial score (nSPS) is 29.2. The first-order valence-corrected chi connectivity index (χ1v) is 5.25. The Bertz CT molecular complexity index is 206. The summed E-state index contributed by atoms with van der Waals surface area (Å²) in [6.45, 7) is 5.68. The Morgan fingerprint density at radius 1 is 1.57 bits per heavy atom. The van der Waals surface area contributed by atoms with Gasteiger partial charge in [-0.05, 0) is 20.0 Å². The molecule has 4 heteroatoms. The lowest BCUT2D eigenvalue weighted by Gasteiger charge is -2.35. The minimum atomic E-state index is 0.0365. The molecule has 1 fully saturated rings. The van der Waals surface area contributed by atoms with Crippen molar-refractivity contribution < 1.29 is 4.79 Å². The zero-order valence-corrected chi connectivity index (χ0v) is 9.29. The Labute approximate surface area is 85.8 Å². The Morgan fingerprint density at radius 3 is 2.79 bits per heavy atom. The third-order valence-electron chi connectivity index (χ3n) is 2.72. The zero-order chi connectivity index (χ0) is 10.7. The lowest BCUT2D eigenvalue weighted by molar-refractivity contribution is -0.125. The van der Waals surface area contributed by atoms with E-state index in [9.17, 15) is 4.79 Å². The molecule has 82 valence electrons. The van der Waals surface area contributed by atoms with Gasteiger partial charge in [-0.15, -0.1) is 0 Å². The predicted molar refractivity (Wildman–Crippen MR) is 56.9 cm³/mol. The second kappa shape index (κ2) is 4.75. The Balaban J connectivity index is 2.45. The SMILES string of the molecule is CC(C)C(=O)NC1CN(C)CCC1N. The number of amides is 1. The van der Waals surface area contributed by atoms with Crippen LogP contribution in [0.2, 0.25) is 0 Å². The maximum absolute atomic E-state index is 11.5. The Kier molecular flexibility index (Phi) is 3.89. The first kappa shape index (κ1) is 11.5. The molecular formula is C10H21N3O. The van der Waals surface area contributed by atoms with Crippen LogP contribution in [0.1, 0.15) is 20.3 Å². The summed E-state index contributed by atoms with van der Waals surface area (Å²) in [5, 5.41) is 2.99. The van der Waals surface area contributed by atoms with Gasteiger partial charge in [0.1, 0.15) is 0 Å². The van der Waals surface area contributed by atoms with Gasteiger partial charge < -0.3 is 16.0 Å². The molecule has 0 saturated carbocycles. The highest BCUT2D eigenvalue weighted by molar-refractivity contribution is 5.78. The zero-order valence-electron chi connectivity index (χ0n) is 9.29. The number of likely N-dealkylation sites (N-methyl/N-ethyl adjacent to an activating group) is 1. The van der Waals surface area contributed by atoms with E-state index in [1.165, 1.54) is 0 Å². The van der Waals surface area contributed by atoms with Crippen molar-refractivity contribution in [2.45, 2.75) is 32.4 Å². The highest BCUT2D eigenvalue weighted by Gasteiger charge is 2.26. The summed E-state index contributed by atoms with van der Waals surface area (Å²) in [6.07, 6.45) is 0.958. The van der Waals surface area contributed by atoms with Crippen molar-refractivity contribution in [3.8, 4) is 0 Å². The highest BCUT2D eigenvalue weighted by Crippen LogP contribution is 2.08. The van der Waals surface area contributed by atoms with Gasteiger partial charge in [0, 0.05) is 18.5 Å². The van der Waals surface area contributed by atoms with Gasteiger partial charge in [0.25, 0.3) is 0 Å². The number of hydrogen-bond acceptors (Lipinski definition) is 3. The quantitative estimate of drug-likeness (QED) is 0.647. The molecule has 14 heavy (non-hydrogen) atoms. The van der Waals surface area contributed by atoms with Crippen LogP contribution in [0.25, 0.3) is 0 Å². The van der Waals surface area contributed by atoms with Crippen molar-refractivity contribution in [3.05, 3.63) is 0 Å². The number of likely N-dealkylation sites (tertiary alicyclic amines) is 1. The molecule has 2 unspecified atom stereocenters. The van der Waals surface area contributed by atoms with E-state index < -0.39 is 0 Å². The molecule has 0 radical (unpaired) electrons. The molecule has 0 spiro atoms. The summed E-state index contributed by atoms with van der Waals surface area (Å²) in [7, 11) is 2.06. The summed E-state index contributed by atoms with van der Waals surface area (Å²) in [5.74, 6) is 0.134. The van der Waals surface area contributed by atoms with Gasteiger partial charge in [0.2, 0.25) is 5.91 Å². The molecule has 4 nitrogen and oxygen atoms in total. The molecule has 0 aromatic heterocycles. The molecule has 1 heterocycles. The fraction of sp³-hybridized carbons (Fsp3) is 0.900. The van der Waals surface area contributed by atoms with Crippen LogP contribution >= 0.6 is 0 Å². The third-order valence-corrected chi connectivity index (χ3v) is 2.72. The Morgan fingerprint density at radius 2 is 2.21 bits per heavy atom. The fourth-order valence-corrected chi connectivity index (χ4v) is 1.64. The molecule has 1 amide bonds. The number of nitrogens with zero attached hydrogens (tertiary/aromatic N) is 1. The molecule has 0 aliphatic carbocycles. The summed E-state index contributed by atoms with van der Waals surface area (Å²) in [6, 6.07) is 0.220. The van der Waals surface area contributed by atoms with Gasteiger partial charge in [-0.3, -0.25) is 4.79 Å². The van der Waals surface area contributed by atoms with E-state index in [0.29, 0.717) is 0 Å². The molecule has 3 N–H and O–H groups in total. The molecule has 1 aliphatic heterocycles. The number of carbonyl (C=O) groups is 1. The van der Waals surface area contributed by atoms with Gasteiger partial charge in [0.15, 0.2) is 0 Å². The summed E-state index contributed by atoms with van der Waals surface area (Å²) < 4.78 is 0. The van der Waals surface area contributed by atoms with Gasteiger partial charge in [-0.1, -0.05) is 13.8 Å². The second-order valence-corrected chi connectivity index (χ2v) is 4.48. The van der Waals surface area contributed by atoms with Crippen LogP contribution in [0.3, 0.4) is 0 Å². The summed E-state index contributed by atoms with van der Waals surface area (Å²) >= 11 is 0. The van der Waals surface area contributed by atoms with Crippen LogP contribution in [0, 0.1) is 5.92 Å². The van der Waals surface area contributed by atoms with Crippen molar-refractivity contribution >= 4 is 5.91 Å². The van der Waals surface area contributed by atoms with Crippen LogP contribution < -0.4 is 11.1 Å². The van der Waals surface area contributed by atoms with Crippen LogP contribution in [0.5, 0.6) is 0 Å². The minimum absolute atomic E-state index is 0.0365. The molecule has 0 aromatic rings. The average molecular weight is 199 g/mol. The monoisotopic (exact) mass is 199 g/mol. The molecule has 0 bridgehead atoms. The van der Waals surface area contributed by atoms with E-state index in [1.807, 2.05) is 13.8 Å². The topological polar surface area (TPSA) is 58.4 Å². The molecule has 1 aliphatic rings. The first-order chi connectivity index (χ1) is 6.50. The van der Waals surface area contributed by atoms with Crippen molar-refractivity contribution in [1.82, 2.24) is 10.2 Å². The van der Waals surface area contributed by atoms with E-state index in [-0.39, 0.29) is 23.9 Å². The number of nitrogens with one attached hydrogen (secondary N) is 1. The van der Waals surface area contributed by atoms with E-state index in [2.05, 4.69) is 17.3 Å². The van der Waals surface area contributed by atoms with Crippen molar-refractivity contribution in [1.29, 1.82) is 0 Å². The summed E-state index contributed by atoms with van der Waals surface area (Å²) in [4.78, 5) is 13.7. The predicted octanol–water partition coefficient (Wildman–Crippen LogP) is -0.210. The molecule has 2 atom stereocenters. The Hall–Kier alpha value is -0.610. The highest BCUT2D eigenvalue weighted by atomic mass is 16.1. The van der Waals surface area contributed by atoms with Gasteiger partial charge in [-0.25, -0.2) is 0 Å². The van der Waals surface area contributed by atoms with Crippen LogP contribution in [0.4, 0.5) is 0 Å². The van der Waals surface area contributed by atoms with E-state index in [4.69, 9.17) is 5.73 Å². The first-order valence-electron chi connectivity index (χ1n) is 5.25. The van der Waals surface area contributed by atoms with Crippen molar-refractivity contribution in [3.63, 3.8) is 0 Å². The van der Waals surface area contributed by atoms with E-state index >= 15 is 0 Å². The van der Waals surface area contributed by atoms with Crippen molar-refractivity contribution in [2.75, 3.05) is 20.1 Å². The third kappa shape index (κ3) is 2.96. The van der Waals surface area contributed by atoms with Crippen LogP contribution in [-0.2, 0) is 4.79 Å². The number of carbonyl (C=O) groups excluding carboxylic acids is 1. The maximum Gasteiger partial charge on any atom is 0.222 e. The van der Waals surface area contributed by atoms with Gasteiger partial charge >= 0.3 is 0 Å². The van der Waals surface area contributed by atoms with Crippen molar-refractivity contribution in [2.24, 2.45) is 11.7 Å². The lowest BCUT2D eigenvalue weighted by atomic mass is 10.00. The van der Waals surface area contributed by atoms with E-state index in [0.717, 1.165) is 19.5 Å². The van der Waals surface area contributed by atoms with Gasteiger partial charge in [0.05, 0.1) is 6.04 Å². The maximum atomic E-state index is 11.5. The lowest BCUT2D eigenvalue weighted by Crippen LogP contribution is -2.57. The largest absolute Gasteiger partial charge is 0.350 e. The fourth-order valence-electron chi connectivity index (χ4n) is 1.64.